The van der Waals surface area contributed by atoms with Crippen LogP contribution in [0, 0.1) is 5.82 Å². The van der Waals surface area contributed by atoms with Gasteiger partial charge in [-0.3, -0.25) is 4.79 Å². The average Bonchev–Trinajstić information content (AvgIpc) is 2.18. The Hall–Kier alpha value is -1.78. The fourth-order valence-electron chi connectivity index (χ4n) is 0.811. The number of nitrogens with zero attached hydrogens (tertiary/aromatic N) is 1. The summed E-state index contributed by atoms with van der Waals surface area (Å²) in [4.78, 5) is 25.6. The summed E-state index contributed by atoms with van der Waals surface area (Å²) in [6, 6.07) is 2.19. The molecule has 0 fully saturated rings. The van der Waals surface area contributed by atoms with E-state index in [0.29, 0.717) is 0 Å². The van der Waals surface area contributed by atoms with Crippen LogP contribution in [0.3, 0.4) is 0 Å². The summed E-state index contributed by atoms with van der Waals surface area (Å²) in [5.74, 6) is -2.41. The summed E-state index contributed by atoms with van der Waals surface area (Å²) in [7, 11) is 0. The fraction of sp³-hybridized carbons (Fsp3) is 0.222. The second-order valence-electron chi connectivity index (χ2n) is 2.41. The fourth-order valence-corrected chi connectivity index (χ4v) is 0.811. The number of ketones is 1. The normalized spacial score (nSPS) is 9.57. The van der Waals surface area contributed by atoms with Gasteiger partial charge in [-0.05, 0) is 19.1 Å². The summed E-state index contributed by atoms with van der Waals surface area (Å²) >= 11 is 0. The standard InChI is InChI=1S/C9H8FNO3/c1-2-14-9(13)8(12)7-4-3-6(10)5-11-7/h3-5H,2H2,1H3. The zero-order valence-electron chi connectivity index (χ0n) is 7.49. The van der Waals surface area contributed by atoms with E-state index in [2.05, 4.69) is 9.72 Å². The van der Waals surface area contributed by atoms with Gasteiger partial charge in [0.2, 0.25) is 0 Å². The first-order valence-electron chi connectivity index (χ1n) is 3.98. The molecule has 74 valence electrons. The average molecular weight is 197 g/mol. The molecule has 0 radical (unpaired) electrons. The van der Waals surface area contributed by atoms with Gasteiger partial charge in [-0.15, -0.1) is 0 Å². The Kier molecular flexibility index (Phi) is 3.28. The Labute approximate surface area is 79.7 Å². The van der Waals surface area contributed by atoms with Crippen molar-refractivity contribution in [1.29, 1.82) is 0 Å². The maximum Gasteiger partial charge on any atom is 0.381 e. The van der Waals surface area contributed by atoms with Crippen LogP contribution in [-0.2, 0) is 9.53 Å². The van der Waals surface area contributed by atoms with Gasteiger partial charge in [-0.25, -0.2) is 14.2 Å². The molecule has 0 saturated heterocycles. The predicted octanol–water partition coefficient (Wildman–Crippen LogP) is 0.967. The van der Waals surface area contributed by atoms with E-state index < -0.39 is 17.6 Å². The van der Waals surface area contributed by atoms with Crippen molar-refractivity contribution in [2.45, 2.75) is 6.92 Å². The second kappa shape index (κ2) is 4.45. The molecule has 1 rings (SSSR count). The van der Waals surface area contributed by atoms with E-state index in [9.17, 15) is 14.0 Å². The van der Waals surface area contributed by atoms with E-state index in [-0.39, 0.29) is 12.3 Å². The number of halogens is 1. The molecule has 1 aromatic rings. The van der Waals surface area contributed by atoms with Gasteiger partial charge in [0.1, 0.15) is 11.5 Å². The lowest BCUT2D eigenvalue weighted by Crippen LogP contribution is -2.18. The van der Waals surface area contributed by atoms with Crippen LogP contribution in [0.5, 0.6) is 0 Å². The molecular formula is C9H8FNO3. The number of hydrogen-bond donors (Lipinski definition) is 0. The molecule has 0 atom stereocenters. The van der Waals surface area contributed by atoms with Gasteiger partial charge in [0.05, 0.1) is 12.8 Å². The van der Waals surface area contributed by atoms with Gasteiger partial charge < -0.3 is 4.74 Å². The highest BCUT2D eigenvalue weighted by molar-refractivity contribution is 6.40. The summed E-state index contributed by atoms with van der Waals surface area (Å²) in [5.41, 5.74) is -0.121. The molecule has 0 bridgehead atoms. The lowest BCUT2D eigenvalue weighted by Gasteiger charge is -1.99. The van der Waals surface area contributed by atoms with E-state index in [1.807, 2.05) is 0 Å². The minimum Gasteiger partial charge on any atom is -0.460 e. The lowest BCUT2D eigenvalue weighted by atomic mass is 10.2. The number of carbonyl (C=O) groups excluding carboxylic acids is 2. The molecular weight excluding hydrogens is 189 g/mol. The van der Waals surface area contributed by atoms with Gasteiger partial charge >= 0.3 is 5.97 Å². The monoisotopic (exact) mass is 197 g/mol. The molecule has 5 heteroatoms. The largest absolute Gasteiger partial charge is 0.460 e. The van der Waals surface area contributed by atoms with Crippen LogP contribution < -0.4 is 0 Å². The maximum absolute atomic E-state index is 12.4. The van der Waals surface area contributed by atoms with Crippen molar-refractivity contribution in [2.75, 3.05) is 6.61 Å². The molecule has 0 aliphatic carbocycles. The molecule has 0 aromatic carbocycles. The Morgan fingerprint density at radius 2 is 2.21 bits per heavy atom. The minimum atomic E-state index is -0.980. The SMILES string of the molecule is CCOC(=O)C(=O)c1ccc(F)cn1. The van der Waals surface area contributed by atoms with Gasteiger partial charge in [-0.2, -0.15) is 0 Å². The summed E-state index contributed by atoms with van der Waals surface area (Å²) in [6.45, 7) is 1.70. The van der Waals surface area contributed by atoms with Crippen LogP contribution in [0.15, 0.2) is 18.3 Å². The number of pyridine rings is 1. The Balaban J connectivity index is 2.79. The second-order valence-corrected chi connectivity index (χ2v) is 2.41. The number of Topliss-reactive ketones (excluding diaryl/α,β-unsaturated/α-hetero) is 1. The number of hydrogen-bond acceptors (Lipinski definition) is 4. The molecule has 14 heavy (non-hydrogen) atoms. The molecule has 0 amide bonds. The Morgan fingerprint density at radius 1 is 1.50 bits per heavy atom. The third-order valence-corrected chi connectivity index (χ3v) is 1.42. The van der Waals surface area contributed by atoms with Crippen molar-refractivity contribution in [1.82, 2.24) is 4.98 Å². The number of esters is 1. The number of carbonyl (C=O) groups is 2. The quantitative estimate of drug-likeness (QED) is 0.411. The molecule has 0 aliphatic heterocycles. The molecule has 0 unspecified atom stereocenters. The van der Waals surface area contributed by atoms with E-state index in [0.717, 1.165) is 18.3 Å². The maximum atomic E-state index is 12.4. The van der Waals surface area contributed by atoms with Crippen molar-refractivity contribution in [3.8, 4) is 0 Å². The van der Waals surface area contributed by atoms with Crippen molar-refractivity contribution < 1.29 is 18.7 Å². The van der Waals surface area contributed by atoms with Crippen LogP contribution in [0.2, 0.25) is 0 Å². The van der Waals surface area contributed by atoms with Gasteiger partial charge in [0.15, 0.2) is 0 Å². The number of ether oxygens (including phenoxy) is 1. The topological polar surface area (TPSA) is 56.3 Å². The third-order valence-electron chi connectivity index (χ3n) is 1.42. The minimum absolute atomic E-state index is 0.117. The lowest BCUT2D eigenvalue weighted by molar-refractivity contribution is -0.137. The van der Waals surface area contributed by atoms with Crippen molar-refractivity contribution >= 4 is 11.8 Å². The number of rotatable bonds is 3. The summed E-state index contributed by atoms with van der Waals surface area (Å²) in [6.07, 6.45) is 0.868. The first-order chi connectivity index (χ1) is 6.65. The van der Waals surface area contributed by atoms with Crippen LogP contribution in [0.25, 0.3) is 0 Å². The van der Waals surface area contributed by atoms with E-state index >= 15 is 0 Å². The predicted molar refractivity (Wildman–Crippen MR) is 45.2 cm³/mol. The van der Waals surface area contributed by atoms with Gasteiger partial charge in [-0.1, -0.05) is 0 Å². The highest BCUT2D eigenvalue weighted by atomic mass is 19.1. The van der Waals surface area contributed by atoms with Crippen LogP contribution in [0.4, 0.5) is 4.39 Å². The molecule has 4 nitrogen and oxygen atoms in total. The highest BCUT2D eigenvalue weighted by Gasteiger charge is 2.18. The zero-order valence-corrected chi connectivity index (χ0v) is 7.49. The smallest absolute Gasteiger partial charge is 0.381 e. The first kappa shape index (κ1) is 10.3. The molecule has 0 N–H and O–H groups in total. The Morgan fingerprint density at radius 3 is 2.71 bits per heavy atom. The van der Waals surface area contributed by atoms with Crippen molar-refractivity contribution in [3.05, 3.63) is 29.8 Å². The van der Waals surface area contributed by atoms with Gasteiger partial charge in [0.25, 0.3) is 5.78 Å². The first-order valence-corrected chi connectivity index (χ1v) is 3.98. The van der Waals surface area contributed by atoms with Gasteiger partial charge in [0, 0.05) is 0 Å². The van der Waals surface area contributed by atoms with Crippen molar-refractivity contribution in [3.63, 3.8) is 0 Å². The molecule has 0 saturated carbocycles. The van der Waals surface area contributed by atoms with Crippen LogP contribution in [0.1, 0.15) is 17.4 Å². The van der Waals surface area contributed by atoms with E-state index in [1.165, 1.54) is 0 Å². The van der Waals surface area contributed by atoms with Crippen molar-refractivity contribution in [2.24, 2.45) is 0 Å². The van der Waals surface area contributed by atoms with E-state index in [1.54, 1.807) is 6.92 Å². The zero-order chi connectivity index (χ0) is 10.6. The molecule has 1 heterocycles. The summed E-state index contributed by atoms with van der Waals surface area (Å²) < 4.78 is 16.9. The molecule has 0 spiro atoms. The van der Waals surface area contributed by atoms with Crippen LogP contribution >= 0.6 is 0 Å². The third kappa shape index (κ3) is 2.35. The summed E-state index contributed by atoms with van der Waals surface area (Å²) in [5, 5.41) is 0. The van der Waals surface area contributed by atoms with Crippen LogP contribution in [-0.4, -0.2) is 23.3 Å². The Bertz CT molecular complexity index is 348. The molecule has 0 aliphatic rings. The van der Waals surface area contributed by atoms with E-state index in [4.69, 9.17) is 0 Å². The number of aromatic nitrogens is 1. The molecule has 1 aromatic heterocycles. The highest BCUT2D eigenvalue weighted by Crippen LogP contribution is 2.00.